The quantitative estimate of drug-likeness (QED) is 0.268. The highest BCUT2D eigenvalue weighted by molar-refractivity contribution is 5.80. The van der Waals surface area contributed by atoms with Crippen LogP contribution in [0.15, 0.2) is 78.9 Å². The summed E-state index contributed by atoms with van der Waals surface area (Å²) in [5, 5.41) is 9.03. The zero-order valence-corrected chi connectivity index (χ0v) is 22.4. The summed E-state index contributed by atoms with van der Waals surface area (Å²) in [6.45, 7) is -0.141. The lowest BCUT2D eigenvalue weighted by Gasteiger charge is -2.42. The van der Waals surface area contributed by atoms with E-state index in [9.17, 15) is 35.9 Å². The van der Waals surface area contributed by atoms with Crippen LogP contribution in [0.2, 0.25) is 0 Å². The fraction of sp³-hybridized carbons (Fsp3) is 0.355. The summed E-state index contributed by atoms with van der Waals surface area (Å²) in [4.78, 5) is 25.5. The molecule has 0 radical (unpaired) electrons. The number of hydrogen-bond donors (Lipinski definition) is 1. The summed E-state index contributed by atoms with van der Waals surface area (Å²) >= 11 is 0. The molecular weight excluding hydrogens is 564 g/mol. The molecule has 1 saturated heterocycles. The number of hydrogen-bond acceptors (Lipinski definition) is 3. The molecule has 1 N–H and O–H groups in total. The van der Waals surface area contributed by atoms with Crippen LogP contribution in [-0.2, 0) is 33.3 Å². The molecule has 1 amide bonds. The lowest BCUT2D eigenvalue weighted by atomic mass is 9.75. The van der Waals surface area contributed by atoms with Gasteiger partial charge >= 0.3 is 18.3 Å². The van der Waals surface area contributed by atoms with Crippen molar-refractivity contribution in [2.75, 3.05) is 13.1 Å². The first-order valence-electron chi connectivity index (χ1n) is 13.3. The van der Waals surface area contributed by atoms with Gasteiger partial charge in [0.05, 0.1) is 30.3 Å². The summed E-state index contributed by atoms with van der Waals surface area (Å²) in [6.07, 6.45) is -10.9. The minimum Gasteiger partial charge on any atom is -0.481 e. The Morgan fingerprint density at radius 3 is 1.83 bits per heavy atom. The second kappa shape index (κ2) is 13.0. The van der Waals surface area contributed by atoms with Crippen molar-refractivity contribution < 1.29 is 45.8 Å². The van der Waals surface area contributed by atoms with E-state index in [-0.39, 0.29) is 55.8 Å². The first-order valence-corrected chi connectivity index (χ1v) is 13.3. The number of ether oxygens (including phenoxy) is 1. The van der Waals surface area contributed by atoms with E-state index in [0.717, 1.165) is 11.1 Å². The third-order valence-electron chi connectivity index (χ3n) is 7.35. The van der Waals surface area contributed by atoms with E-state index in [0.29, 0.717) is 12.1 Å². The summed E-state index contributed by atoms with van der Waals surface area (Å²) in [5.74, 6) is -2.23. The summed E-state index contributed by atoms with van der Waals surface area (Å²) in [6, 6.07) is 20.1. The highest BCUT2D eigenvalue weighted by Gasteiger charge is 2.40. The lowest BCUT2D eigenvalue weighted by Crippen LogP contribution is -2.49. The number of carbonyl (C=O) groups is 2. The summed E-state index contributed by atoms with van der Waals surface area (Å²) in [7, 11) is 0. The first-order chi connectivity index (χ1) is 19.8. The van der Waals surface area contributed by atoms with Gasteiger partial charge in [-0.2, -0.15) is 26.3 Å². The Labute approximate surface area is 238 Å². The predicted molar refractivity (Wildman–Crippen MR) is 141 cm³/mol. The van der Waals surface area contributed by atoms with Gasteiger partial charge < -0.3 is 14.7 Å². The van der Waals surface area contributed by atoms with Gasteiger partial charge in [0.15, 0.2) is 0 Å². The molecule has 2 atom stereocenters. The van der Waals surface area contributed by atoms with E-state index in [1.54, 1.807) is 4.90 Å². The van der Waals surface area contributed by atoms with Crippen LogP contribution in [0.25, 0.3) is 0 Å². The van der Waals surface area contributed by atoms with Gasteiger partial charge in [0, 0.05) is 31.3 Å². The number of piperidine rings is 1. The van der Waals surface area contributed by atoms with Crippen LogP contribution < -0.4 is 0 Å². The largest absolute Gasteiger partial charge is 0.481 e. The van der Waals surface area contributed by atoms with Crippen molar-refractivity contribution in [2.45, 2.75) is 50.2 Å². The number of rotatable bonds is 9. The number of nitrogens with zero attached hydrogens (tertiary/aromatic N) is 1. The van der Waals surface area contributed by atoms with Gasteiger partial charge in [-0.25, -0.2) is 0 Å². The van der Waals surface area contributed by atoms with Crippen LogP contribution in [0.5, 0.6) is 0 Å². The maximum atomic E-state index is 13.4. The normalized spacial score (nSPS) is 17.8. The topological polar surface area (TPSA) is 66.8 Å². The monoisotopic (exact) mass is 593 g/mol. The van der Waals surface area contributed by atoms with Crippen LogP contribution in [0, 0.1) is 5.92 Å². The number of benzene rings is 3. The second-order valence-electron chi connectivity index (χ2n) is 10.2. The Morgan fingerprint density at radius 1 is 0.833 bits per heavy atom. The zero-order chi connectivity index (χ0) is 30.5. The number of halogens is 6. The number of alkyl halides is 6. The van der Waals surface area contributed by atoms with Crippen LogP contribution in [0.4, 0.5) is 26.3 Å². The van der Waals surface area contributed by atoms with Gasteiger partial charge in [0.25, 0.3) is 0 Å². The molecule has 3 aromatic carbocycles. The smallest absolute Gasteiger partial charge is 0.416 e. The third kappa shape index (κ3) is 7.90. The highest BCUT2D eigenvalue weighted by Crippen LogP contribution is 2.40. The van der Waals surface area contributed by atoms with Crippen LogP contribution >= 0.6 is 0 Å². The molecule has 0 bridgehead atoms. The van der Waals surface area contributed by atoms with Crippen molar-refractivity contribution in [1.29, 1.82) is 0 Å². The maximum Gasteiger partial charge on any atom is 0.416 e. The van der Waals surface area contributed by atoms with Crippen molar-refractivity contribution in [3.63, 3.8) is 0 Å². The molecule has 1 heterocycles. The highest BCUT2D eigenvalue weighted by atomic mass is 19.4. The molecule has 224 valence electrons. The second-order valence-corrected chi connectivity index (χ2v) is 10.2. The zero-order valence-electron chi connectivity index (χ0n) is 22.4. The van der Waals surface area contributed by atoms with E-state index in [1.807, 2.05) is 60.7 Å². The number of carbonyl (C=O) groups excluding carboxylic acids is 1. The standard InChI is InChI=1S/C31H29F6NO4/c32-30(33,34)23-15-20(16-24(17-23)31(35,36)37)19-42-26-13-14-38(27(39)11-12-28(40)41)18-25(26)29(21-7-3-1-4-8-21)22-9-5-2-6-10-22/h1-10,15-17,25-26,29H,11-14,18-19H2,(H,40,41)/t25-,26-/m1/s1. The average Bonchev–Trinajstić information content (AvgIpc) is 2.95. The van der Waals surface area contributed by atoms with Crippen LogP contribution in [0.1, 0.15) is 53.0 Å². The van der Waals surface area contributed by atoms with Gasteiger partial charge in [0.1, 0.15) is 0 Å². The number of carboxylic acid groups (broad SMARTS) is 1. The SMILES string of the molecule is O=C(O)CCC(=O)N1CC[C@@H](OCc2cc(C(F)(F)F)cc(C(F)(F)F)c2)[C@H](C(c2ccccc2)c2ccccc2)C1. The van der Waals surface area contributed by atoms with Gasteiger partial charge in [-0.15, -0.1) is 0 Å². The van der Waals surface area contributed by atoms with Crippen molar-refractivity contribution in [1.82, 2.24) is 4.90 Å². The van der Waals surface area contributed by atoms with Crippen LogP contribution in [0.3, 0.4) is 0 Å². The predicted octanol–water partition coefficient (Wildman–Crippen LogP) is 7.15. The van der Waals surface area contributed by atoms with E-state index in [1.165, 1.54) is 0 Å². The Kier molecular flexibility index (Phi) is 9.60. The van der Waals surface area contributed by atoms with Gasteiger partial charge in [-0.1, -0.05) is 60.7 Å². The Hall–Kier alpha value is -3.86. The summed E-state index contributed by atoms with van der Waals surface area (Å²) in [5.41, 5.74) is -1.33. The van der Waals surface area contributed by atoms with E-state index < -0.39 is 48.1 Å². The molecular formula is C31H29F6NO4. The molecule has 0 unspecified atom stereocenters. The third-order valence-corrected chi connectivity index (χ3v) is 7.35. The molecule has 4 rings (SSSR count). The average molecular weight is 594 g/mol. The number of aliphatic carboxylic acids is 1. The van der Waals surface area contributed by atoms with Crippen LogP contribution in [-0.4, -0.2) is 41.1 Å². The van der Waals surface area contributed by atoms with Gasteiger partial charge in [-0.3, -0.25) is 9.59 Å². The van der Waals surface area contributed by atoms with Crippen molar-refractivity contribution in [2.24, 2.45) is 5.92 Å². The number of amides is 1. The fourth-order valence-electron chi connectivity index (χ4n) is 5.40. The van der Waals surface area contributed by atoms with E-state index >= 15 is 0 Å². The Morgan fingerprint density at radius 2 is 1.36 bits per heavy atom. The Balaban J connectivity index is 1.68. The molecule has 0 aromatic heterocycles. The minimum atomic E-state index is -4.98. The van der Waals surface area contributed by atoms with Gasteiger partial charge in [0.2, 0.25) is 5.91 Å². The van der Waals surface area contributed by atoms with Crippen molar-refractivity contribution >= 4 is 11.9 Å². The molecule has 0 saturated carbocycles. The molecule has 1 aliphatic rings. The molecule has 5 nitrogen and oxygen atoms in total. The summed E-state index contributed by atoms with van der Waals surface area (Å²) < 4.78 is 86.6. The number of likely N-dealkylation sites (tertiary alicyclic amines) is 1. The molecule has 0 aliphatic carbocycles. The lowest BCUT2D eigenvalue weighted by molar-refractivity contribution is -0.144. The van der Waals surface area contributed by atoms with E-state index in [4.69, 9.17) is 9.84 Å². The van der Waals surface area contributed by atoms with Crippen molar-refractivity contribution in [3.8, 4) is 0 Å². The van der Waals surface area contributed by atoms with Gasteiger partial charge in [-0.05, 0) is 41.3 Å². The molecule has 3 aromatic rings. The molecule has 1 aliphatic heterocycles. The minimum absolute atomic E-state index is 0.0777. The Bertz CT molecular complexity index is 1290. The first kappa shape index (κ1) is 31.1. The van der Waals surface area contributed by atoms with Crippen molar-refractivity contribution in [3.05, 3.63) is 107 Å². The maximum absolute atomic E-state index is 13.4. The fourth-order valence-corrected chi connectivity index (χ4v) is 5.40. The van der Waals surface area contributed by atoms with E-state index in [2.05, 4.69) is 0 Å². The number of carboxylic acids is 1. The molecule has 11 heteroatoms. The molecule has 42 heavy (non-hydrogen) atoms. The molecule has 1 fully saturated rings. The molecule has 0 spiro atoms.